The molecule has 1 aliphatic carbocycles. The van der Waals surface area contributed by atoms with Crippen molar-refractivity contribution in [2.45, 2.75) is 70.9 Å². The molecule has 35 heavy (non-hydrogen) atoms. The van der Waals surface area contributed by atoms with E-state index < -0.39 is 0 Å². The molecule has 1 aliphatic rings. The van der Waals surface area contributed by atoms with Gasteiger partial charge in [0.15, 0.2) is 0 Å². The van der Waals surface area contributed by atoms with Gasteiger partial charge in [0, 0.05) is 42.0 Å². The van der Waals surface area contributed by atoms with Crippen LogP contribution in [-0.2, 0) is 11.3 Å². The van der Waals surface area contributed by atoms with E-state index in [0.717, 1.165) is 19.4 Å². The number of benzene rings is 3. The van der Waals surface area contributed by atoms with E-state index in [9.17, 15) is 4.79 Å². The molecule has 0 radical (unpaired) electrons. The van der Waals surface area contributed by atoms with Crippen LogP contribution in [0.1, 0.15) is 72.3 Å². The van der Waals surface area contributed by atoms with Crippen LogP contribution in [0.15, 0.2) is 79.0 Å². The number of aromatic nitrogens is 1. The summed E-state index contributed by atoms with van der Waals surface area (Å²) in [6, 6.07) is 26.4. The van der Waals surface area contributed by atoms with Crippen molar-refractivity contribution in [3.63, 3.8) is 0 Å². The van der Waals surface area contributed by atoms with E-state index in [-0.39, 0.29) is 11.8 Å². The van der Waals surface area contributed by atoms with Gasteiger partial charge in [-0.1, -0.05) is 97.1 Å². The minimum Gasteiger partial charge on any atom is -0.353 e. The highest BCUT2D eigenvalue weighted by molar-refractivity contribution is 5.87. The molecular formula is C32H36N2O. The van der Waals surface area contributed by atoms with Gasteiger partial charge in [-0.15, -0.1) is 0 Å². The second-order valence-electron chi connectivity index (χ2n) is 10.3. The number of nitrogens with one attached hydrogen (secondary N) is 1. The monoisotopic (exact) mass is 464 g/mol. The van der Waals surface area contributed by atoms with Crippen LogP contribution < -0.4 is 5.32 Å². The number of fused-ring (bicyclic) bond motifs is 1. The summed E-state index contributed by atoms with van der Waals surface area (Å²) in [7, 11) is 0. The summed E-state index contributed by atoms with van der Waals surface area (Å²) in [5.41, 5.74) is 7.44. The molecule has 0 spiro atoms. The molecule has 1 unspecified atom stereocenters. The summed E-state index contributed by atoms with van der Waals surface area (Å²) in [6.07, 6.45) is 8.70. The SMILES string of the molecule is Cc1ccc(Cn2cc(C(CC(=O)NC3CCCCC3)c3cccc(C)c3)c3ccccc32)cc1. The maximum absolute atomic E-state index is 13.3. The molecule has 4 aromatic rings. The number of carbonyl (C=O) groups is 1. The standard InChI is InChI=1S/C32H36N2O/c1-23-15-17-25(18-16-23)21-34-22-30(28-13-6-7-14-31(28)34)29(26-10-8-9-24(2)19-26)20-32(35)33-27-11-4-3-5-12-27/h6-10,13-19,22,27,29H,3-5,11-12,20-21H2,1-2H3,(H,33,35). The lowest BCUT2D eigenvalue weighted by Crippen LogP contribution is -2.36. The highest BCUT2D eigenvalue weighted by Crippen LogP contribution is 2.35. The molecule has 1 aromatic heterocycles. The predicted molar refractivity (Wildman–Crippen MR) is 145 cm³/mol. The second-order valence-corrected chi connectivity index (χ2v) is 10.3. The van der Waals surface area contributed by atoms with Crippen LogP contribution in [0.25, 0.3) is 10.9 Å². The van der Waals surface area contributed by atoms with E-state index in [1.54, 1.807) is 0 Å². The fraction of sp³-hybridized carbons (Fsp3) is 0.344. The molecular weight excluding hydrogens is 428 g/mol. The van der Waals surface area contributed by atoms with Crippen LogP contribution in [0, 0.1) is 13.8 Å². The smallest absolute Gasteiger partial charge is 0.221 e. The Bertz CT molecular complexity index is 1290. The highest BCUT2D eigenvalue weighted by Gasteiger charge is 2.24. The third-order valence-corrected chi connectivity index (χ3v) is 7.47. The molecule has 3 nitrogen and oxygen atoms in total. The minimum atomic E-state index is 0.0164. The molecule has 1 saturated carbocycles. The summed E-state index contributed by atoms with van der Waals surface area (Å²) >= 11 is 0. The van der Waals surface area contributed by atoms with Gasteiger partial charge in [-0.2, -0.15) is 0 Å². The minimum absolute atomic E-state index is 0.0164. The van der Waals surface area contributed by atoms with Gasteiger partial charge in [-0.05, 0) is 49.4 Å². The highest BCUT2D eigenvalue weighted by atomic mass is 16.1. The number of aryl methyl sites for hydroxylation is 2. The first-order valence-corrected chi connectivity index (χ1v) is 13.1. The molecule has 1 atom stereocenters. The second kappa shape index (κ2) is 10.5. The van der Waals surface area contributed by atoms with Crippen molar-refractivity contribution < 1.29 is 4.79 Å². The summed E-state index contributed by atoms with van der Waals surface area (Å²) in [5.74, 6) is 0.182. The number of hydrogen-bond donors (Lipinski definition) is 1. The van der Waals surface area contributed by atoms with Crippen molar-refractivity contribution in [3.05, 3.63) is 107 Å². The zero-order valence-corrected chi connectivity index (χ0v) is 21.0. The summed E-state index contributed by atoms with van der Waals surface area (Å²) < 4.78 is 2.34. The van der Waals surface area contributed by atoms with Gasteiger partial charge >= 0.3 is 0 Å². The lowest BCUT2D eigenvalue weighted by molar-refractivity contribution is -0.122. The van der Waals surface area contributed by atoms with Crippen molar-refractivity contribution in [3.8, 4) is 0 Å². The van der Waals surface area contributed by atoms with Gasteiger partial charge in [-0.25, -0.2) is 0 Å². The number of para-hydroxylation sites is 1. The summed E-state index contributed by atoms with van der Waals surface area (Å²) in [6.45, 7) is 5.07. The maximum atomic E-state index is 13.3. The van der Waals surface area contributed by atoms with Crippen LogP contribution in [0.4, 0.5) is 0 Å². The van der Waals surface area contributed by atoms with Crippen LogP contribution >= 0.6 is 0 Å². The molecule has 0 bridgehead atoms. The lowest BCUT2D eigenvalue weighted by atomic mass is 9.87. The van der Waals surface area contributed by atoms with Gasteiger partial charge < -0.3 is 9.88 Å². The van der Waals surface area contributed by atoms with Gasteiger partial charge in [-0.3, -0.25) is 4.79 Å². The lowest BCUT2D eigenvalue weighted by Gasteiger charge is -2.24. The predicted octanol–water partition coefficient (Wildman–Crippen LogP) is 7.28. The van der Waals surface area contributed by atoms with Gasteiger partial charge in [0.2, 0.25) is 5.91 Å². The Morgan fingerprint density at radius 2 is 1.69 bits per heavy atom. The van der Waals surface area contributed by atoms with E-state index >= 15 is 0 Å². The molecule has 5 rings (SSSR count). The normalized spacial score (nSPS) is 15.3. The fourth-order valence-electron chi connectivity index (χ4n) is 5.59. The quantitative estimate of drug-likeness (QED) is 0.306. The number of rotatable bonds is 7. The van der Waals surface area contributed by atoms with Gasteiger partial charge in [0.25, 0.3) is 0 Å². The molecule has 3 heteroatoms. The number of nitrogens with zero attached hydrogens (tertiary/aromatic N) is 1. The number of carbonyl (C=O) groups excluding carboxylic acids is 1. The summed E-state index contributed by atoms with van der Waals surface area (Å²) in [4.78, 5) is 13.3. The molecule has 3 aromatic carbocycles. The first-order chi connectivity index (χ1) is 17.1. The Hall–Kier alpha value is -3.33. The third-order valence-electron chi connectivity index (χ3n) is 7.47. The van der Waals surface area contributed by atoms with E-state index in [1.807, 2.05) is 0 Å². The molecule has 1 heterocycles. The third kappa shape index (κ3) is 5.51. The Morgan fingerprint density at radius 1 is 0.914 bits per heavy atom. The molecule has 1 N–H and O–H groups in total. The van der Waals surface area contributed by atoms with Crippen molar-refractivity contribution >= 4 is 16.8 Å². The van der Waals surface area contributed by atoms with Crippen LogP contribution in [0.3, 0.4) is 0 Å². The molecule has 1 fully saturated rings. The Kier molecular flexibility index (Phi) is 7.03. The van der Waals surface area contributed by atoms with Gasteiger partial charge in [0.05, 0.1) is 0 Å². The van der Waals surface area contributed by atoms with Crippen molar-refractivity contribution in [1.82, 2.24) is 9.88 Å². The van der Waals surface area contributed by atoms with Gasteiger partial charge in [0.1, 0.15) is 0 Å². The largest absolute Gasteiger partial charge is 0.353 e. The molecule has 1 amide bonds. The van der Waals surface area contributed by atoms with Crippen molar-refractivity contribution in [2.75, 3.05) is 0 Å². The van der Waals surface area contributed by atoms with Crippen molar-refractivity contribution in [1.29, 1.82) is 0 Å². The van der Waals surface area contributed by atoms with Crippen LogP contribution in [-0.4, -0.2) is 16.5 Å². The fourth-order valence-corrected chi connectivity index (χ4v) is 5.59. The molecule has 0 aliphatic heterocycles. The Balaban J connectivity index is 1.51. The maximum Gasteiger partial charge on any atom is 0.221 e. The first kappa shape index (κ1) is 23.4. The van der Waals surface area contributed by atoms with E-state index in [4.69, 9.17) is 0 Å². The van der Waals surface area contributed by atoms with E-state index in [0.29, 0.717) is 12.5 Å². The number of amides is 1. The Morgan fingerprint density at radius 3 is 2.46 bits per heavy atom. The molecule has 0 saturated heterocycles. The average molecular weight is 465 g/mol. The van der Waals surface area contributed by atoms with E-state index in [1.165, 1.54) is 58.0 Å². The topological polar surface area (TPSA) is 34.0 Å². The van der Waals surface area contributed by atoms with Crippen LogP contribution in [0.2, 0.25) is 0 Å². The average Bonchev–Trinajstić information content (AvgIpc) is 3.23. The zero-order chi connectivity index (χ0) is 24.2. The van der Waals surface area contributed by atoms with Crippen LogP contribution in [0.5, 0.6) is 0 Å². The molecule has 180 valence electrons. The van der Waals surface area contributed by atoms with E-state index in [2.05, 4.69) is 103 Å². The number of hydrogen-bond acceptors (Lipinski definition) is 1. The first-order valence-electron chi connectivity index (χ1n) is 13.1. The Labute approximate surface area is 209 Å². The zero-order valence-electron chi connectivity index (χ0n) is 21.0. The van der Waals surface area contributed by atoms with Crippen molar-refractivity contribution in [2.24, 2.45) is 0 Å². The summed E-state index contributed by atoms with van der Waals surface area (Å²) in [5, 5.41) is 4.59.